The summed E-state index contributed by atoms with van der Waals surface area (Å²) in [6.45, 7) is 0.775. The second-order valence-corrected chi connectivity index (χ2v) is 15.5. The maximum atomic E-state index is 12.5. The highest BCUT2D eigenvalue weighted by Crippen LogP contribution is 2.79. The second kappa shape index (κ2) is 9.98. The van der Waals surface area contributed by atoms with Gasteiger partial charge in [0.05, 0.1) is 18.8 Å². The minimum Gasteiger partial charge on any atom is -0.352 e. The number of aromatic amines is 1. The van der Waals surface area contributed by atoms with Gasteiger partial charge in [0.15, 0.2) is 0 Å². The molecule has 0 bridgehead atoms. The number of aromatic nitrogens is 2. The molecule has 2 rings (SSSR count). The molecule has 0 aromatic carbocycles. The molecule has 22 heteroatoms. The first-order valence-electron chi connectivity index (χ1n) is 8.63. The Morgan fingerprint density at radius 2 is 2.00 bits per heavy atom. The summed E-state index contributed by atoms with van der Waals surface area (Å²) < 4.78 is 48.3. The van der Waals surface area contributed by atoms with E-state index >= 15 is 0 Å². The van der Waals surface area contributed by atoms with Crippen LogP contribution in [0.2, 0.25) is 0 Å². The Morgan fingerprint density at radius 3 is 2.55 bits per heavy atom. The molecule has 33 heavy (non-hydrogen) atoms. The zero-order valence-electron chi connectivity index (χ0n) is 16.7. The molecular weight excluding hydrogens is 553 g/mol. The molecule has 1 fully saturated rings. The first-order chi connectivity index (χ1) is 14.9. The van der Waals surface area contributed by atoms with Crippen LogP contribution in [0.25, 0.3) is 10.4 Å². The van der Waals surface area contributed by atoms with E-state index in [1.807, 2.05) is 0 Å². The van der Waals surface area contributed by atoms with E-state index in [1.54, 1.807) is 0 Å². The van der Waals surface area contributed by atoms with Crippen molar-refractivity contribution >= 4 is 53.4 Å². The fraction of sp³-hybridized carbons (Fsp3) is 0.636. The largest absolute Gasteiger partial charge is 0.383 e. The van der Waals surface area contributed by atoms with E-state index in [1.165, 1.54) is 13.1 Å². The van der Waals surface area contributed by atoms with Gasteiger partial charge in [-0.05, 0) is 12.5 Å². The second-order valence-electron chi connectivity index (χ2n) is 6.84. The average molecular weight is 570 g/mol. The molecule has 1 saturated heterocycles. The van der Waals surface area contributed by atoms with E-state index in [-0.39, 0.29) is 12.0 Å². The number of H-pyrrole nitrogens is 1. The maximum absolute atomic E-state index is 12.5. The van der Waals surface area contributed by atoms with E-state index in [0.29, 0.717) is 7.57 Å². The summed E-state index contributed by atoms with van der Waals surface area (Å²) in [5.74, 6) is 0. The predicted octanol–water partition coefficient (Wildman–Crippen LogP) is 1.04. The van der Waals surface area contributed by atoms with E-state index < -0.39 is 62.7 Å². The van der Waals surface area contributed by atoms with E-state index in [2.05, 4.69) is 19.3 Å². The van der Waals surface area contributed by atoms with Crippen LogP contribution in [0.1, 0.15) is 18.2 Å². The van der Waals surface area contributed by atoms with Gasteiger partial charge < -0.3 is 23.9 Å². The van der Waals surface area contributed by atoms with E-state index in [0.717, 1.165) is 4.57 Å². The molecule has 0 aliphatic carbocycles. The van der Waals surface area contributed by atoms with Gasteiger partial charge in [0.25, 0.3) is 20.6 Å². The molecule has 0 saturated carbocycles. The van der Waals surface area contributed by atoms with Crippen LogP contribution in [0.5, 0.6) is 0 Å². The number of azide groups is 1. The Balaban J connectivity index is 2.19. The highest BCUT2D eigenvalue weighted by molar-refractivity contribution is 7.88. The van der Waals surface area contributed by atoms with E-state index in [4.69, 9.17) is 47.8 Å². The lowest BCUT2D eigenvalue weighted by molar-refractivity contribution is -0.0230. The average Bonchev–Trinajstić information content (AvgIpc) is 3.04. The lowest BCUT2D eigenvalue weighted by Gasteiger charge is -2.28. The SMILES string of the molecule is BP(=O)(OC[C@H]1O[C@@H](n2cc(C)c(=O)[nH]c2=O)C[C@H]1N=[N+]=[N-])OP(=O)(O)C(Cl)(Cl)P(=O)(O)O. The van der Waals surface area contributed by atoms with Gasteiger partial charge in [0.1, 0.15) is 6.23 Å². The smallest absolute Gasteiger partial charge is 0.352 e. The van der Waals surface area contributed by atoms with Crippen LogP contribution in [0.15, 0.2) is 20.9 Å². The topological polar surface area (TPSA) is 243 Å². The summed E-state index contributed by atoms with van der Waals surface area (Å²) in [5, 5.41) is 3.51. The number of aryl methyl sites for hydroxylation is 1. The monoisotopic (exact) mass is 569 g/mol. The van der Waals surface area contributed by atoms with Gasteiger partial charge in [-0.25, -0.2) is 9.11 Å². The first-order valence-corrected chi connectivity index (χ1v) is 14.6. The molecule has 1 aliphatic heterocycles. The summed E-state index contributed by atoms with van der Waals surface area (Å²) in [6.07, 6.45) is -0.993. The lowest BCUT2D eigenvalue weighted by Crippen LogP contribution is -2.33. The molecule has 1 aliphatic rings. The van der Waals surface area contributed by atoms with Crippen LogP contribution >= 0.6 is 45.9 Å². The predicted molar refractivity (Wildman–Crippen MR) is 117 cm³/mol. The Kier molecular flexibility index (Phi) is 8.57. The Labute approximate surface area is 195 Å². The van der Waals surface area contributed by atoms with Crippen molar-refractivity contribution in [3.8, 4) is 0 Å². The van der Waals surface area contributed by atoms with Crippen LogP contribution in [0, 0.1) is 6.92 Å². The number of nitrogens with zero attached hydrogens (tertiary/aromatic N) is 4. The molecule has 0 spiro atoms. The number of hydrogen-bond acceptors (Lipinski definition) is 9. The van der Waals surface area contributed by atoms with Crippen molar-refractivity contribution in [3.05, 3.63) is 43.0 Å². The zero-order valence-corrected chi connectivity index (χ0v) is 20.9. The van der Waals surface area contributed by atoms with Gasteiger partial charge in [0.2, 0.25) is 0 Å². The summed E-state index contributed by atoms with van der Waals surface area (Å²) in [6, 6.07) is -0.963. The van der Waals surface area contributed by atoms with Crippen molar-refractivity contribution in [1.82, 2.24) is 9.55 Å². The highest BCUT2D eigenvalue weighted by atomic mass is 35.5. The van der Waals surface area contributed by atoms with Crippen LogP contribution in [-0.2, 0) is 27.3 Å². The van der Waals surface area contributed by atoms with Crippen molar-refractivity contribution in [1.29, 1.82) is 0 Å². The Hall–Kier alpha value is -0.915. The number of rotatable bonds is 9. The van der Waals surface area contributed by atoms with Gasteiger partial charge >= 0.3 is 24.7 Å². The number of alkyl halides is 2. The third-order valence-electron chi connectivity index (χ3n) is 4.28. The van der Waals surface area contributed by atoms with Crippen LogP contribution < -0.4 is 11.2 Å². The van der Waals surface area contributed by atoms with Gasteiger partial charge in [-0.15, -0.1) is 0 Å². The lowest BCUT2D eigenvalue weighted by atomic mass is 10.1. The minimum atomic E-state index is -5.63. The molecule has 184 valence electrons. The number of hydrogen-bond donors (Lipinski definition) is 4. The number of halogens is 2. The van der Waals surface area contributed by atoms with Crippen molar-refractivity contribution in [2.24, 2.45) is 5.11 Å². The van der Waals surface area contributed by atoms with Crippen molar-refractivity contribution in [3.63, 3.8) is 0 Å². The van der Waals surface area contributed by atoms with Crippen LogP contribution in [0.3, 0.4) is 0 Å². The van der Waals surface area contributed by atoms with E-state index in [9.17, 15) is 28.2 Å². The van der Waals surface area contributed by atoms with Crippen molar-refractivity contribution in [2.75, 3.05) is 6.61 Å². The fourth-order valence-corrected chi connectivity index (χ4v) is 7.48. The fourth-order valence-electron chi connectivity index (χ4n) is 2.67. The molecule has 1 aromatic heterocycles. The first kappa shape index (κ1) is 28.3. The molecule has 2 heterocycles. The maximum Gasteiger partial charge on any atom is 0.383 e. The summed E-state index contributed by atoms with van der Waals surface area (Å²) in [5.41, 5.74) is 7.56. The molecule has 0 amide bonds. The number of ether oxygens (including phenoxy) is 1. The molecule has 16 nitrogen and oxygen atoms in total. The minimum absolute atomic E-state index is 0.0540. The zero-order chi connectivity index (χ0) is 25.4. The molecular formula is C11H17BCl2N5O11P3. The summed E-state index contributed by atoms with van der Waals surface area (Å²) in [4.78, 5) is 56.2. The third kappa shape index (κ3) is 6.40. The molecule has 1 aromatic rings. The third-order valence-corrected chi connectivity index (χ3v) is 12.5. The van der Waals surface area contributed by atoms with Crippen molar-refractivity contribution < 1.29 is 41.9 Å². The molecule has 2 unspecified atom stereocenters. The normalized spacial score (nSPS) is 25.1. The Bertz CT molecular complexity index is 1230. The molecule has 5 atom stereocenters. The van der Waals surface area contributed by atoms with Gasteiger partial charge in [0, 0.05) is 23.1 Å². The Morgan fingerprint density at radius 1 is 1.39 bits per heavy atom. The van der Waals surface area contributed by atoms with Gasteiger partial charge in [-0.2, -0.15) is 0 Å². The standard InChI is InChI=1S/C11H17BCl2N5O11P3/c1-5-3-19(10(21)16-9(5)20)8-2-6(17-18-15)7(29-8)4-28-33(12,27)30-32(25,26)11(13,14)31(22,23)24/h3,6-8H,2,4,12H2,1H3,(H,25,26)(H,16,20,21)(H2,22,23,24)/t6-,7-,8-,33?/m1/s1. The summed E-state index contributed by atoms with van der Waals surface area (Å²) >= 11 is 10.6. The highest BCUT2D eigenvalue weighted by Gasteiger charge is 2.61. The van der Waals surface area contributed by atoms with Crippen LogP contribution in [0.4, 0.5) is 0 Å². The molecule has 4 N–H and O–H groups in total. The van der Waals surface area contributed by atoms with Crippen molar-refractivity contribution in [2.45, 2.75) is 35.5 Å². The quantitative estimate of drug-likeness (QED) is 0.0816. The van der Waals surface area contributed by atoms with Gasteiger partial charge in [-0.1, -0.05) is 28.3 Å². The summed E-state index contributed by atoms with van der Waals surface area (Å²) in [7, 11) is -15.1. The van der Waals surface area contributed by atoms with Crippen LogP contribution in [-0.4, -0.2) is 54.4 Å². The van der Waals surface area contributed by atoms with Gasteiger partial charge in [-0.3, -0.25) is 28.0 Å². The number of nitrogens with one attached hydrogen (secondary N) is 1. The molecule has 0 radical (unpaired) electrons.